The van der Waals surface area contributed by atoms with Crippen LogP contribution in [0.25, 0.3) is 0 Å². The Morgan fingerprint density at radius 3 is 2.38 bits per heavy atom. The summed E-state index contributed by atoms with van der Waals surface area (Å²) in [5.74, 6) is -0.835. The fraction of sp³-hybridized carbons (Fsp3) is 0.417. The van der Waals surface area contributed by atoms with Gasteiger partial charge in [-0.25, -0.2) is 9.18 Å². The number of aryl methyl sites for hydroxylation is 1. The molecule has 2 aromatic carbocycles. The Hall–Kier alpha value is -2.69. The first kappa shape index (κ1) is 19.6. The van der Waals surface area contributed by atoms with E-state index in [1.165, 1.54) is 6.07 Å². The molecule has 152 valence electrons. The Morgan fingerprint density at radius 1 is 1.03 bits per heavy atom. The first-order chi connectivity index (χ1) is 14.0. The molecule has 2 fully saturated rings. The number of rotatable bonds is 4. The fourth-order valence-electron chi connectivity index (χ4n) is 4.84. The number of ether oxygens (including phenoxy) is 1. The van der Waals surface area contributed by atoms with Gasteiger partial charge in [0.05, 0.1) is 5.56 Å². The highest BCUT2D eigenvalue weighted by Gasteiger charge is 2.44. The number of benzene rings is 2. The van der Waals surface area contributed by atoms with Crippen LogP contribution in [-0.4, -0.2) is 28.9 Å². The van der Waals surface area contributed by atoms with Crippen LogP contribution in [0.2, 0.25) is 0 Å². The maximum absolute atomic E-state index is 14.3. The van der Waals surface area contributed by atoms with E-state index in [4.69, 9.17) is 4.74 Å². The Bertz CT molecular complexity index is 864. The molecule has 0 radical (unpaired) electrons. The number of nitrogens with zero attached hydrogens (tertiary/aromatic N) is 1. The second kappa shape index (κ2) is 8.36. The molecule has 2 aromatic rings. The van der Waals surface area contributed by atoms with Gasteiger partial charge in [0.2, 0.25) is 0 Å². The molecule has 2 atom stereocenters. The van der Waals surface area contributed by atoms with Crippen molar-refractivity contribution in [3.05, 3.63) is 71.0 Å². The van der Waals surface area contributed by atoms with E-state index >= 15 is 0 Å². The summed E-state index contributed by atoms with van der Waals surface area (Å²) >= 11 is 0. The summed E-state index contributed by atoms with van der Waals surface area (Å²) in [5.41, 5.74) is 1.83. The van der Waals surface area contributed by atoms with Crippen LogP contribution in [0, 0.1) is 18.7 Å². The van der Waals surface area contributed by atoms with Crippen molar-refractivity contribution in [2.45, 2.75) is 57.7 Å². The number of ketones is 1. The van der Waals surface area contributed by atoms with Gasteiger partial charge in [0.15, 0.2) is 5.78 Å². The fourth-order valence-corrected chi connectivity index (χ4v) is 4.84. The van der Waals surface area contributed by atoms with Crippen LogP contribution in [0.15, 0.2) is 48.5 Å². The highest BCUT2D eigenvalue weighted by molar-refractivity contribution is 5.99. The number of piperidine rings is 2. The first-order valence-electron chi connectivity index (χ1n) is 10.3. The van der Waals surface area contributed by atoms with Crippen LogP contribution in [0.3, 0.4) is 0 Å². The number of hydrogen-bond acceptors (Lipinski definition) is 3. The van der Waals surface area contributed by atoms with Gasteiger partial charge in [-0.3, -0.25) is 4.79 Å². The third-order valence-corrected chi connectivity index (χ3v) is 6.23. The molecule has 2 aliphatic heterocycles. The summed E-state index contributed by atoms with van der Waals surface area (Å²) in [6, 6.07) is 14.3. The molecule has 1 amide bonds. The molecule has 2 saturated heterocycles. The standard InChI is InChI=1S/C24H26FNO3/c1-16-7-5-12-21(25)22(16)23(27)18-13-19-10-6-11-20(14-18)26(19)24(28)29-15-17-8-3-2-4-9-17/h2-5,7-9,12,18-20H,6,10-11,13-15H2,1H3. The lowest BCUT2D eigenvalue weighted by molar-refractivity contribution is 0.00462. The normalized spacial score (nSPS) is 23.5. The first-order valence-corrected chi connectivity index (χ1v) is 10.3. The highest BCUT2D eigenvalue weighted by Crippen LogP contribution is 2.39. The Morgan fingerprint density at radius 2 is 1.72 bits per heavy atom. The topological polar surface area (TPSA) is 46.6 Å². The Kier molecular flexibility index (Phi) is 5.65. The van der Waals surface area contributed by atoms with Gasteiger partial charge >= 0.3 is 6.09 Å². The van der Waals surface area contributed by atoms with E-state index in [1.807, 2.05) is 35.2 Å². The number of halogens is 1. The smallest absolute Gasteiger partial charge is 0.410 e. The third-order valence-electron chi connectivity index (χ3n) is 6.23. The summed E-state index contributed by atoms with van der Waals surface area (Å²) in [6.45, 7) is 2.01. The largest absolute Gasteiger partial charge is 0.445 e. The Balaban J connectivity index is 1.46. The van der Waals surface area contributed by atoms with Crippen LogP contribution >= 0.6 is 0 Å². The zero-order valence-electron chi connectivity index (χ0n) is 16.6. The van der Waals surface area contributed by atoms with Gasteiger partial charge < -0.3 is 9.64 Å². The number of amides is 1. The molecule has 0 saturated carbocycles. The minimum atomic E-state index is -0.454. The average Bonchev–Trinajstić information content (AvgIpc) is 2.71. The molecule has 4 nitrogen and oxygen atoms in total. The van der Waals surface area contributed by atoms with Crippen molar-refractivity contribution >= 4 is 11.9 Å². The molecule has 4 rings (SSSR count). The van der Waals surface area contributed by atoms with Crippen molar-refractivity contribution in [1.29, 1.82) is 0 Å². The monoisotopic (exact) mass is 395 g/mol. The molecule has 0 spiro atoms. The molecule has 0 aliphatic carbocycles. The molecule has 2 bridgehead atoms. The molecule has 2 aliphatic rings. The molecular weight excluding hydrogens is 369 g/mol. The maximum atomic E-state index is 14.3. The van der Waals surface area contributed by atoms with Gasteiger partial charge in [-0.15, -0.1) is 0 Å². The predicted octanol–water partition coefficient (Wildman–Crippen LogP) is 5.29. The van der Waals surface area contributed by atoms with Crippen molar-refractivity contribution in [3.63, 3.8) is 0 Å². The number of carbonyl (C=O) groups excluding carboxylic acids is 2. The summed E-state index contributed by atoms with van der Waals surface area (Å²) in [6.07, 6.45) is 3.59. The summed E-state index contributed by atoms with van der Waals surface area (Å²) in [4.78, 5) is 27.7. The van der Waals surface area contributed by atoms with Crippen molar-refractivity contribution in [1.82, 2.24) is 4.90 Å². The van der Waals surface area contributed by atoms with Crippen LogP contribution < -0.4 is 0 Å². The average molecular weight is 395 g/mol. The molecular formula is C24H26FNO3. The van der Waals surface area contributed by atoms with Crippen LogP contribution in [-0.2, 0) is 11.3 Å². The van der Waals surface area contributed by atoms with E-state index in [9.17, 15) is 14.0 Å². The zero-order chi connectivity index (χ0) is 20.4. The predicted molar refractivity (Wildman–Crippen MR) is 108 cm³/mol. The maximum Gasteiger partial charge on any atom is 0.410 e. The molecule has 2 unspecified atom stereocenters. The molecule has 2 heterocycles. The van der Waals surface area contributed by atoms with E-state index in [0.717, 1.165) is 24.8 Å². The lowest BCUT2D eigenvalue weighted by atomic mass is 9.75. The van der Waals surface area contributed by atoms with E-state index in [2.05, 4.69) is 0 Å². The number of Topliss-reactive ketones (excluding diaryl/α,β-unsaturated/α-hetero) is 1. The van der Waals surface area contributed by atoms with E-state index in [1.54, 1.807) is 19.1 Å². The van der Waals surface area contributed by atoms with E-state index in [-0.39, 0.29) is 42.0 Å². The third kappa shape index (κ3) is 4.04. The van der Waals surface area contributed by atoms with Crippen molar-refractivity contribution in [2.24, 2.45) is 5.92 Å². The van der Waals surface area contributed by atoms with Crippen LogP contribution in [0.5, 0.6) is 0 Å². The van der Waals surface area contributed by atoms with Gasteiger partial charge in [0.25, 0.3) is 0 Å². The summed E-state index contributed by atoms with van der Waals surface area (Å²) in [7, 11) is 0. The van der Waals surface area contributed by atoms with Crippen molar-refractivity contribution in [2.75, 3.05) is 0 Å². The van der Waals surface area contributed by atoms with Gasteiger partial charge in [-0.1, -0.05) is 42.5 Å². The van der Waals surface area contributed by atoms with Gasteiger partial charge in [-0.2, -0.15) is 0 Å². The minimum Gasteiger partial charge on any atom is -0.445 e. The number of hydrogen-bond donors (Lipinski definition) is 0. The molecule has 0 aromatic heterocycles. The van der Waals surface area contributed by atoms with Crippen LogP contribution in [0.1, 0.15) is 53.6 Å². The number of carbonyl (C=O) groups is 2. The second-order valence-corrected chi connectivity index (χ2v) is 8.15. The second-order valence-electron chi connectivity index (χ2n) is 8.15. The summed E-state index contributed by atoms with van der Waals surface area (Å²) in [5, 5.41) is 0. The molecule has 5 heteroatoms. The Labute approximate surface area is 170 Å². The van der Waals surface area contributed by atoms with Gasteiger partial charge in [-0.05, 0) is 56.2 Å². The SMILES string of the molecule is Cc1cccc(F)c1C(=O)C1CC2CCCC(C1)N2C(=O)OCc1ccccc1. The molecule has 29 heavy (non-hydrogen) atoms. The van der Waals surface area contributed by atoms with Gasteiger partial charge in [0.1, 0.15) is 12.4 Å². The summed E-state index contributed by atoms with van der Waals surface area (Å²) < 4.78 is 19.9. The van der Waals surface area contributed by atoms with Crippen LogP contribution in [0.4, 0.5) is 9.18 Å². The lowest BCUT2D eigenvalue weighted by Gasteiger charge is -2.47. The minimum absolute atomic E-state index is 0.0215. The van der Waals surface area contributed by atoms with Gasteiger partial charge in [0, 0.05) is 18.0 Å². The molecule has 0 N–H and O–H groups in total. The lowest BCUT2D eigenvalue weighted by Crippen LogP contribution is -2.55. The number of fused-ring (bicyclic) bond motifs is 2. The van der Waals surface area contributed by atoms with Crippen molar-refractivity contribution < 1.29 is 18.7 Å². The van der Waals surface area contributed by atoms with E-state index in [0.29, 0.717) is 18.4 Å². The van der Waals surface area contributed by atoms with Crippen molar-refractivity contribution in [3.8, 4) is 0 Å². The zero-order valence-corrected chi connectivity index (χ0v) is 16.6. The highest BCUT2D eigenvalue weighted by atomic mass is 19.1. The van der Waals surface area contributed by atoms with E-state index < -0.39 is 5.82 Å². The quantitative estimate of drug-likeness (QED) is 0.661.